The topological polar surface area (TPSA) is 96.5 Å². The van der Waals surface area contributed by atoms with Crippen molar-refractivity contribution in [3.05, 3.63) is 42.5 Å². The molecule has 2 aromatic carbocycles. The number of piperazine rings is 1. The lowest BCUT2D eigenvalue weighted by atomic mass is 10.0. The number of rotatable bonds is 7. The molecule has 11 heteroatoms. The van der Waals surface area contributed by atoms with Gasteiger partial charge in [-0.25, -0.2) is 16.8 Å². The highest BCUT2D eigenvalue weighted by Gasteiger charge is 2.32. The molecule has 2 aliphatic heterocycles. The molecule has 4 rings (SSSR count). The van der Waals surface area contributed by atoms with Crippen molar-refractivity contribution in [1.82, 2.24) is 8.61 Å². The van der Waals surface area contributed by atoms with Gasteiger partial charge in [-0.3, -0.25) is 0 Å². The molecule has 0 amide bonds. The first-order valence-electron chi connectivity index (χ1n) is 11.7. The normalized spacial score (nSPS) is 20.5. The van der Waals surface area contributed by atoms with Crippen LogP contribution in [0.2, 0.25) is 0 Å². The van der Waals surface area contributed by atoms with Crippen LogP contribution in [0.1, 0.15) is 19.8 Å². The maximum atomic E-state index is 13.3. The lowest BCUT2D eigenvalue weighted by Crippen LogP contribution is -2.48. The second-order valence-electron chi connectivity index (χ2n) is 9.01. The van der Waals surface area contributed by atoms with Crippen LogP contribution in [0, 0.1) is 5.92 Å². The number of anilines is 1. The predicted octanol–water partition coefficient (Wildman–Crippen LogP) is 2.64. The summed E-state index contributed by atoms with van der Waals surface area (Å²) >= 11 is 0. The van der Waals surface area contributed by atoms with Crippen LogP contribution in [0.15, 0.2) is 52.3 Å². The standard InChI is InChI=1S/C24H33N3O6S2/c1-19-6-5-11-27(18-19)35(30,31)22-9-10-24(33-3)23(17-22)25-12-14-26(15-13-25)34(28,29)21-8-4-7-20(16-21)32-2/h4,7-10,16-17,19H,5-6,11-15,18H2,1-3H3. The summed E-state index contributed by atoms with van der Waals surface area (Å²) in [6, 6.07) is 11.3. The van der Waals surface area contributed by atoms with E-state index in [1.54, 1.807) is 47.8 Å². The first-order chi connectivity index (χ1) is 16.7. The summed E-state index contributed by atoms with van der Waals surface area (Å²) in [5.41, 5.74) is 0.650. The van der Waals surface area contributed by atoms with Crippen LogP contribution < -0.4 is 14.4 Å². The van der Waals surface area contributed by atoms with E-state index in [1.165, 1.54) is 17.5 Å². The zero-order chi connectivity index (χ0) is 25.2. The van der Waals surface area contributed by atoms with Gasteiger partial charge in [-0.2, -0.15) is 8.61 Å². The minimum atomic E-state index is -3.67. The number of sulfonamides is 2. The summed E-state index contributed by atoms with van der Waals surface area (Å²) in [5.74, 6) is 1.37. The molecule has 2 aromatic rings. The van der Waals surface area contributed by atoms with Crippen molar-refractivity contribution in [1.29, 1.82) is 0 Å². The van der Waals surface area contributed by atoms with E-state index in [9.17, 15) is 16.8 Å². The average Bonchev–Trinajstić information content (AvgIpc) is 2.88. The van der Waals surface area contributed by atoms with E-state index < -0.39 is 20.0 Å². The van der Waals surface area contributed by atoms with Crippen molar-refractivity contribution < 1.29 is 26.3 Å². The zero-order valence-corrected chi connectivity index (χ0v) is 22.0. The number of hydrogen-bond donors (Lipinski definition) is 0. The van der Waals surface area contributed by atoms with Crippen molar-refractivity contribution in [2.75, 3.05) is 58.4 Å². The Labute approximate surface area is 208 Å². The lowest BCUT2D eigenvalue weighted by Gasteiger charge is -2.36. The van der Waals surface area contributed by atoms with Crippen LogP contribution in [-0.4, -0.2) is 78.9 Å². The zero-order valence-electron chi connectivity index (χ0n) is 20.4. The first-order valence-corrected chi connectivity index (χ1v) is 14.6. The van der Waals surface area contributed by atoms with E-state index in [1.807, 2.05) is 4.90 Å². The van der Waals surface area contributed by atoms with Gasteiger partial charge in [0, 0.05) is 45.3 Å². The fourth-order valence-corrected chi connectivity index (χ4v) is 7.75. The molecule has 35 heavy (non-hydrogen) atoms. The summed E-state index contributed by atoms with van der Waals surface area (Å²) in [6.07, 6.45) is 1.88. The second kappa shape index (κ2) is 10.3. The Morgan fingerprint density at radius 3 is 2.14 bits per heavy atom. The van der Waals surface area contributed by atoms with Gasteiger partial charge in [0.15, 0.2) is 0 Å². The summed E-state index contributed by atoms with van der Waals surface area (Å²) in [6.45, 7) is 4.46. The van der Waals surface area contributed by atoms with Gasteiger partial charge in [-0.1, -0.05) is 13.0 Å². The predicted molar refractivity (Wildman–Crippen MR) is 134 cm³/mol. The molecule has 9 nitrogen and oxygen atoms in total. The van der Waals surface area contributed by atoms with Crippen molar-refractivity contribution in [3.8, 4) is 11.5 Å². The molecule has 0 aromatic heterocycles. The molecular formula is C24H33N3O6S2. The first kappa shape index (κ1) is 25.7. The van der Waals surface area contributed by atoms with Crippen LogP contribution in [0.3, 0.4) is 0 Å². The number of nitrogens with zero attached hydrogens (tertiary/aromatic N) is 3. The molecule has 0 saturated carbocycles. The number of hydrogen-bond acceptors (Lipinski definition) is 7. The second-order valence-corrected chi connectivity index (χ2v) is 12.9. The highest BCUT2D eigenvalue weighted by atomic mass is 32.2. The van der Waals surface area contributed by atoms with Crippen LogP contribution in [0.25, 0.3) is 0 Å². The third-order valence-electron chi connectivity index (χ3n) is 6.67. The van der Waals surface area contributed by atoms with Gasteiger partial charge in [0.2, 0.25) is 20.0 Å². The minimum absolute atomic E-state index is 0.187. The molecule has 0 spiro atoms. The maximum Gasteiger partial charge on any atom is 0.243 e. The highest BCUT2D eigenvalue weighted by Crippen LogP contribution is 2.34. The van der Waals surface area contributed by atoms with Crippen LogP contribution in [-0.2, 0) is 20.0 Å². The Hall–Kier alpha value is -2.34. The highest BCUT2D eigenvalue weighted by molar-refractivity contribution is 7.89. The smallest absolute Gasteiger partial charge is 0.243 e. The quantitative estimate of drug-likeness (QED) is 0.550. The average molecular weight is 524 g/mol. The number of ether oxygens (including phenoxy) is 2. The van der Waals surface area contributed by atoms with Crippen molar-refractivity contribution in [2.24, 2.45) is 5.92 Å². The largest absolute Gasteiger partial charge is 0.497 e. The van der Waals surface area contributed by atoms with Gasteiger partial charge in [-0.15, -0.1) is 0 Å². The summed E-state index contributed by atoms with van der Waals surface area (Å²) in [7, 11) is -4.26. The molecule has 1 unspecified atom stereocenters. The Morgan fingerprint density at radius 1 is 0.800 bits per heavy atom. The van der Waals surface area contributed by atoms with Crippen LogP contribution >= 0.6 is 0 Å². The SMILES string of the molecule is COc1cccc(S(=O)(=O)N2CCN(c3cc(S(=O)(=O)N4CCCC(C)C4)ccc3OC)CC2)c1. The van der Waals surface area contributed by atoms with E-state index in [-0.39, 0.29) is 22.9 Å². The Kier molecular flexibility index (Phi) is 7.60. The molecule has 2 fully saturated rings. The van der Waals surface area contributed by atoms with Gasteiger partial charge in [-0.05, 0) is 49.1 Å². The monoisotopic (exact) mass is 523 g/mol. The summed E-state index contributed by atoms with van der Waals surface area (Å²) in [4.78, 5) is 2.40. The van der Waals surface area contributed by atoms with E-state index in [0.29, 0.717) is 49.3 Å². The minimum Gasteiger partial charge on any atom is -0.497 e. The molecule has 2 heterocycles. The van der Waals surface area contributed by atoms with Crippen LogP contribution in [0.5, 0.6) is 11.5 Å². The Balaban J connectivity index is 1.54. The molecule has 0 radical (unpaired) electrons. The molecular weight excluding hydrogens is 490 g/mol. The van der Waals surface area contributed by atoms with Gasteiger partial charge in [0.05, 0.1) is 29.7 Å². The molecule has 0 bridgehead atoms. The molecule has 1 atom stereocenters. The lowest BCUT2D eigenvalue weighted by molar-refractivity contribution is 0.281. The van der Waals surface area contributed by atoms with Gasteiger partial charge < -0.3 is 14.4 Å². The molecule has 0 N–H and O–H groups in total. The Morgan fingerprint density at radius 2 is 1.49 bits per heavy atom. The number of benzene rings is 2. The van der Waals surface area contributed by atoms with E-state index >= 15 is 0 Å². The molecule has 0 aliphatic carbocycles. The van der Waals surface area contributed by atoms with Gasteiger partial charge >= 0.3 is 0 Å². The van der Waals surface area contributed by atoms with Crippen molar-refractivity contribution in [2.45, 2.75) is 29.6 Å². The maximum absolute atomic E-state index is 13.3. The third-order valence-corrected chi connectivity index (χ3v) is 10.4. The summed E-state index contributed by atoms with van der Waals surface area (Å²) in [5, 5.41) is 0. The Bertz CT molecular complexity index is 1260. The van der Waals surface area contributed by atoms with Gasteiger partial charge in [0.25, 0.3) is 0 Å². The van der Waals surface area contributed by atoms with Crippen molar-refractivity contribution >= 4 is 25.7 Å². The fourth-order valence-electron chi connectivity index (χ4n) is 4.67. The van der Waals surface area contributed by atoms with Crippen molar-refractivity contribution in [3.63, 3.8) is 0 Å². The number of methoxy groups -OCH3 is 2. The van der Waals surface area contributed by atoms with E-state index in [0.717, 1.165) is 12.8 Å². The fraction of sp³-hybridized carbons (Fsp3) is 0.500. The summed E-state index contributed by atoms with van der Waals surface area (Å²) < 4.78 is 66.7. The van der Waals surface area contributed by atoms with E-state index in [2.05, 4.69) is 6.92 Å². The number of piperidine rings is 1. The molecule has 2 aliphatic rings. The molecule has 192 valence electrons. The molecule has 2 saturated heterocycles. The van der Waals surface area contributed by atoms with Gasteiger partial charge in [0.1, 0.15) is 11.5 Å². The van der Waals surface area contributed by atoms with Crippen LogP contribution in [0.4, 0.5) is 5.69 Å². The van der Waals surface area contributed by atoms with E-state index in [4.69, 9.17) is 9.47 Å². The third kappa shape index (κ3) is 5.28.